The third kappa shape index (κ3) is 3.57. The summed E-state index contributed by atoms with van der Waals surface area (Å²) in [7, 11) is -4.19. The number of carbonyl (C=O) groups is 2. The second-order valence-corrected chi connectivity index (χ2v) is 8.28. The monoisotopic (exact) mass is 390 g/mol. The van der Waals surface area contributed by atoms with Crippen molar-refractivity contribution in [3.63, 3.8) is 0 Å². The quantitative estimate of drug-likeness (QED) is 0.870. The summed E-state index contributed by atoms with van der Waals surface area (Å²) in [6, 6.07) is 8.88. The lowest BCUT2D eigenvalue weighted by Gasteiger charge is -2.24. The zero-order valence-electron chi connectivity index (χ0n) is 14.9. The van der Waals surface area contributed by atoms with Crippen molar-refractivity contribution in [2.75, 3.05) is 5.32 Å². The second-order valence-electron chi connectivity index (χ2n) is 6.46. The smallest absolute Gasteiger partial charge is 0.267 e. The summed E-state index contributed by atoms with van der Waals surface area (Å²) >= 11 is 0. The van der Waals surface area contributed by atoms with E-state index in [0.29, 0.717) is 4.31 Å². The minimum Gasteiger partial charge on any atom is -0.322 e. The maximum atomic E-state index is 13.8. The molecule has 2 aromatic carbocycles. The second kappa shape index (κ2) is 7.11. The number of halogens is 1. The molecule has 6 nitrogen and oxygen atoms in total. The van der Waals surface area contributed by atoms with E-state index in [-0.39, 0.29) is 23.4 Å². The van der Waals surface area contributed by atoms with Crippen LogP contribution in [0.5, 0.6) is 0 Å². The van der Waals surface area contributed by atoms with Crippen LogP contribution in [0.3, 0.4) is 0 Å². The molecule has 1 heterocycles. The number of aryl methyl sites for hydroxylation is 2. The van der Waals surface area contributed by atoms with Gasteiger partial charge >= 0.3 is 0 Å². The summed E-state index contributed by atoms with van der Waals surface area (Å²) in [4.78, 5) is 24.8. The summed E-state index contributed by atoms with van der Waals surface area (Å²) in [5.41, 5.74) is 1.61. The van der Waals surface area contributed by atoms with E-state index < -0.39 is 33.7 Å². The van der Waals surface area contributed by atoms with Crippen LogP contribution in [0.15, 0.2) is 47.4 Å². The van der Waals surface area contributed by atoms with E-state index in [1.165, 1.54) is 30.3 Å². The Morgan fingerprint density at radius 2 is 1.85 bits per heavy atom. The van der Waals surface area contributed by atoms with Gasteiger partial charge in [-0.15, -0.1) is 0 Å². The first kappa shape index (κ1) is 19.0. The molecule has 0 bridgehead atoms. The molecule has 0 radical (unpaired) electrons. The summed E-state index contributed by atoms with van der Waals surface area (Å²) in [5, 5.41) is 2.37. The van der Waals surface area contributed by atoms with Crippen LogP contribution in [0.4, 0.5) is 10.1 Å². The van der Waals surface area contributed by atoms with Gasteiger partial charge in [-0.05, 0) is 55.7 Å². The number of rotatable bonds is 4. The van der Waals surface area contributed by atoms with E-state index in [1.807, 2.05) is 6.92 Å². The molecule has 1 fully saturated rings. The molecule has 1 unspecified atom stereocenters. The molecule has 8 heteroatoms. The summed E-state index contributed by atoms with van der Waals surface area (Å²) in [6.45, 7) is 3.61. The van der Waals surface area contributed by atoms with Crippen LogP contribution < -0.4 is 5.32 Å². The van der Waals surface area contributed by atoms with E-state index in [1.54, 1.807) is 19.1 Å². The third-order valence-electron chi connectivity index (χ3n) is 4.63. The first-order valence-corrected chi connectivity index (χ1v) is 9.85. The van der Waals surface area contributed by atoms with Gasteiger partial charge in [0.05, 0.1) is 10.6 Å². The Morgan fingerprint density at radius 1 is 1.15 bits per heavy atom. The van der Waals surface area contributed by atoms with Crippen molar-refractivity contribution in [2.24, 2.45) is 0 Å². The Kier molecular flexibility index (Phi) is 5.01. The highest BCUT2D eigenvalue weighted by molar-refractivity contribution is 7.89. The molecule has 1 N–H and O–H groups in total. The van der Waals surface area contributed by atoms with Gasteiger partial charge in [0.2, 0.25) is 11.8 Å². The molecule has 0 aromatic heterocycles. The van der Waals surface area contributed by atoms with E-state index in [0.717, 1.165) is 11.1 Å². The van der Waals surface area contributed by atoms with Crippen molar-refractivity contribution in [1.29, 1.82) is 0 Å². The Morgan fingerprint density at radius 3 is 2.52 bits per heavy atom. The van der Waals surface area contributed by atoms with Crippen LogP contribution in [0.2, 0.25) is 0 Å². The van der Waals surface area contributed by atoms with E-state index in [9.17, 15) is 22.4 Å². The van der Waals surface area contributed by atoms with Gasteiger partial charge in [-0.3, -0.25) is 9.59 Å². The van der Waals surface area contributed by atoms with Crippen molar-refractivity contribution >= 4 is 27.5 Å². The highest BCUT2D eigenvalue weighted by Gasteiger charge is 2.44. The fourth-order valence-electron chi connectivity index (χ4n) is 2.97. The largest absolute Gasteiger partial charge is 0.322 e. The number of hydrogen-bond donors (Lipinski definition) is 1. The minimum absolute atomic E-state index is 0.0448. The molecule has 142 valence electrons. The van der Waals surface area contributed by atoms with Gasteiger partial charge in [0, 0.05) is 6.42 Å². The summed E-state index contributed by atoms with van der Waals surface area (Å²) in [6.07, 6.45) is -0.0252. The molecule has 2 aromatic rings. The van der Waals surface area contributed by atoms with Crippen LogP contribution in [0.25, 0.3) is 0 Å². The Bertz CT molecular complexity index is 1020. The van der Waals surface area contributed by atoms with Crippen LogP contribution in [0, 0.1) is 19.7 Å². The van der Waals surface area contributed by atoms with E-state index in [4.69, 9.17) is 0 Å². The number of para-hydroxylation sites is 1. The molecule has 27 heavy (non-hydrogen) atoms. The molecular formula is C19H19FN2O4S. The van der Waals surface area contributed by atoms with Crippen molar-refractivity contribution in [3.05, 3.63) is 59.4 Å². The zero-order valence-corrected chi connectivity index (χ0v) is 15.7. The molecule has 0 aliphatic carbocycles. The SMILES string of the molecule is Cc1ccc(S(=O)(=O)N2C(=O)CCC2C(=O)Nc2ccccc2F)cc1C. The number of carbonyl (C=O) groups excluding carboxylic acids is 2. The summed E-state index contributed by atoms with van der Waals surface area (Å²) < 4.78 is 40.4. The van der Waals surface area contributed by atoms with Crippen molar-refractivity contribution < 1.29 is 22.4 Å². The average Bonchev–Trinajstić information content (AvgIpc) is 3.01. The molecule has 0 spiro atoms. The number of benzene rings is 2. The first-order valence-electron chi connectivity index (χ1n) is 8.41. The number of nitrogens with zero attached hydrogens (tertiary/aromatic N) is 1. The molecule has 1 saturated heterocycles. The molecule has 0 saturated carbocycles. The van der Waals surface area contributed by atoms with Gasteiger partial charge in [0.15, 0.2) is 0 Å². The number of nitrogens with one attached hydrogen (secondary N) is 1. The van der Waals surface area contributed by atoms with Gasteiger partial charge < -0.3 is 5.32 Å². The van der Waals surface area contributed by atoms with Gasteiger partial charge in [-0.2, -0.15) is 0 Å². The first-order chi connectivity index (χ1) is 12.7. The van der Waals surface area contributed by atoms with Gasteiger partial charge in [0.25, 0.3) is 10.0 Å². The Balaban J connectivity index is 1.92. The predicted octanol–water partition coefficient (Wildman–Crippen LogP) is 2.76. The van der Waals surface area contributed by atoms with Crippen LogP contribution in [0.1, 0.15) is 24.0 Å². The zero-order chi connectivity index (χ0) is 19.8. The molecule has 2 amide bonds. The average molecular weight is 390 g/mol. The van der Waals surface area contributed by atoms with Crippen LogP contribution >= 0.6 is 0 Å². The van der Waals surface area contributed by atoms with Crippen molar-refractivity contribution in [3.8, 4) is 0 Å². The van der Waals surface area contributed by atoms with Gasteiger partial charge in [-0.25, -0.2) is 17.1 Å². The number of hydrogen-bond acceptors (Lipinski definition) is 4. The molecular weight excluding hydrogens is 371 g/mol. The lowest BCUT2D eigenvalue weighted by atomic mass is 10.1. The van der Waals surface area contributed by atoms with E-state index in [2.05, 4.69) is 5.32 Å². The fourth-order valence-corrected chi connectivity index (χ4v) is 4.66. The lowest BCUT2D eigenvalue weighted by Crippen LogP contribution is -2.45. The van der Waals surface area contributed by atoms with Gasteiger partial charge in [0.1, 0.15) is 11.9 Å². The Labute approximate surface area is 157 Å². The molecule has 1 aliphatic heterocycles. The van der Waals surface area contributed by atoms with Crippen molar-refractivity contribution in [1.82, 2.24) is 4.31 Å². The predicted molar refractivity (Wildman–Crippen MR) is 98.0 cm³/mol. The topological polar surface area (TPSA) is 83.6 Å². The van der Waals surface area contributed by atoms with Crippen molar-refractivity contribution in [2.45, 2.75) is 37.6 Å². The summed E-state index contributed by atoms with van der Waals surface area (Å²) in [5.74, 6) is -2.03. The number of sulfonamides is 1. The van der Waals surface area contributed by atoms with Crippen LogP contribution in [-0.4, -0.2) is 30.6 Å². The maximum absolute atomic E-state index is 13.8. The third-order valence-corrected chi connectivity index (χ3v) is 6.46. The number of amides is 2. The maximum Gasteiger partial charge on any atom is 0.267 e. The minimum atomic E-state index is -4.19. The van der Waals surface area contributed by atoms with E-state index >= 15 is 0 Å². The normalized spacial score (nSPS) is 17.2. The highest BCUT2D eigenvalue weighted by Crippen LogP contribution is 2.29. The number of anilines is 1. The molecule has 1 atom stereocenters. The standard InChI is InChI=1S/C19H19FN2O4S/c1-12-7-8-14(11-13(12)2)27(25,26)22-17(9-10-18(22)23)19(24)21-16-6-4-3-5-15(16)20/h3-8,11,17H,9-10H2,1-2H3,(H,21,24). The van der Waals surface area contributed by atoms with Crippen LogP contribution in [-0.2, 0) is 19.6 Å². The molecule has 1 aliphatic rings. The highest BCUT2D eigenvalue weighted by atomic mass is 32.2. The molecule has 3 rings (SSSR count). The fraction of sp³-hybridized carbons (Fsp3) is 0.263. The lowest BCUT2D eigenvalue weighted by molar-refractivity contribution is -0.128. The Hall–Kier alpha value is -2.74. The van der Waals surface area contributed by atoms with Gasteiger partial charge in [-0.1, -0.05) is 18.2 Å².